The molecule has 0 unspecified atom stereocenters. The maximum atomic E-state index is 11.8. The summed E-state index contributed by atoms with van der Waals surface area (Å²) in [5, 5.41) is 5.54. The predicted octanol–water partition coefficient (Wildman–Crippen LogP) is 3.83. The van der Waals surface area contributed by atoms with Gasteiger partial charge in [0.2, 0.25) is 0 Å². The van der Waals surface area contributed by atoms with Crippen molar-refractivity contribution in [3.63, 3.8) is 0 Å². The van der Waals surface area contributed by atoms with Gasteiger partial charge in [0.25, 0.3) is 0 Å². The number of urea groups is 1. The molecule has 0 heterocycles. The summed E-state index contributed by atoms with van der Waals surface area (Å²) in [6, 6.07) is 5.43. The second-order valence-electron chi connectivity index (χ2n) is 5.21. The Labute approximate surface area is 120 Å². The zero-order chi connectivity index (χ0) is 14.4. The van der Waals surface area contributed by atoms with Crippen LogP contribution in [-0.2, 0) is 0 Å². The Morgan fingerprint density at radius 3 is 2.80 bits per heavy atom. The molecule has 0 spiro atoms. The Morgan fingerprint density at radius 2 is 2.10 bits per heavy atom. The van der Waals surface area contributed by atoms with E-state index in [0.29, 0.717) is 17.4 Å². The number of hydrogen-bond acceptors (Lipinski definition) is 2. The number of carbonyl (C=O) groups excluding carboxylic acids is 1. The van der Waals surface area contributed by atoms with Crippen LogP contribution >= 0.6 is 0 Å². The highest BCUT2D eigenvalue weighted by molar-refractivity contribution is 5.91. The first-order chi connectivity index (χ1) is 9.69. The largest absolute Gasteiger partial charge is 0.495 e. The second kappa shape index (κ2) is 6.98. The lowest BCUT2D eigenvalue weighted by Gasteiger charge is -2.10. The van der Waals surface area contributed by atoms with Crippen LogP contribution in [0.5, 0.6) is 5.75 Å². The van der Waals surface area contributed by atoms with E-state index >= 15 is 0 Å². The number of nitrogens with one attached hydrogen (secondary N) is 2. The molecule has 4 heteroatoms. The van der Waals surface area contributed by atoms with Crippen molar-refractivity contribution in [2.24, 2.45) is 5.92 Å². The van der Waals surface area contributed by atoms with Crippen LogP contribution in [0, 0.1) is 12.8 Å². The average Bonchev–Trinajstić information content (AvgIpc) is 2.92. The molecule has 4 nitrogen and oxygen atoms in total. The molecule has 0 saturated heterocycles. The Hall–Kier alpha value is -1.97. The van der Waals surface area contributed by atoms with Crippen molar-refractivity contribution in [3.8, 4) is 5.75 Å². The van der Waals surface area contributed by atoms with Crippen molar-refractivity contribution in [2.45, 2.75) is 32.6 Å². The summed E-state index contributed by atoms with van der Waals surface area (Å²) in [7, 11) is 1.59. The zero-order valence-electron chi connectivity index (χ0n) is 12.1. The minimum atomic E-state index is -0.247. The van der Waals surface area contributed by atoms with Gasteiger partial charge in [0.1, 0.15) is 5.75 Å². The number of anilines is 1. The molecule has 1 saturated carbocycles. The molecule has 0 aromatic heterocycles. The van der Waals surface area contributed by atoms with Crippen LogP contribution in [0.2, 0.25) is 0 Å². The van der Waals surface area contributed by atoms with Gasteiger partial charge < -0.3 is 15.4 Å². The lowest BCUT2D eigenvalue weighted by molar-refractivity contribution is 0.255. The molecule has 1 aliphatic carbocycles. The van der Waals surface area contributed by atoms with E-state index in [2.05, 4.69) is 16.7 Å². The number of amides is 2. The molecule has 1 fully saturated rings. The van der Waals surface area contributed by atoms with Crippen molar-refractivity contribution in [3.05, 3.63) is 36.0 Å². The number of benzene rings is 1. The molecule has 0 aliphatic heterocycles. The fourth-order valence-corrected chi connectivity index (χ4v) is 2.49. The third-order valence-corrected chi connectivity index (χ3v) is 3.59. The van der Waals surface area contributed by atoms with E-state index < -0.39 is 0 Å². The van der Waals surface area contributed by atoms with Crippen LogP contribution in [0.25, 0.3) is 0 Å². The van der Waals surface area contributed by atoms with Gasteiger partial charge in [-0.3, -0.25) is 0 Å². The van der Waals surface area contributed by atoms with Crippen LogP contribution in [-0.4, -0.2) is 13.1 Å². The zero-order valence-corrected chi connectivity index (χ0v) is 12.1. The lowest BCUT2D eigenvalue weighted by Crippen LogP contribution is -2.24. The number of hydrogen-bond donors (Lipinski definition) is 2. The van der Waals surface area contributed by atoms with Gasteiger partial charge >= 0.3 is 6.03 Å². The van der Waals surface area contributed by atoms with Gasteiger partial charge in [-0.1, -0.05) is 25.0 Å². The molecule has 1 aromatic rings. The second-order valence-corrected chi connectivity index (χ2v) is 5.21. The molecule has 0 atom stereocenters. The summed E-state index contributed by atoms with van der Waals surface area (Å²) >= 11 is 0. The summed E-state index contributed by atoms with van der Waals surface area (Å²) in [6.07, 6.45) is 8.87. The van der Waals surface area contributed by atoms with Gasteiger partial charge in [-0.25, -0.2) is 4.79 Å². The normalized spacial score (nSPS) is 15.5. The SMILES string of the molecule is COc1ccc(C)cc1NC(=O)N/C=C/C1CCCC1. The maximum Gasteiger partial charge on any atom is 0.323 e. The van der Waals surface area contributed by atoms with Gasteiger partial charge in [0.05, 0.1) is 12.8 Å². The van der Waals surface area contributed by atoms with Crippen molar-refractivity contribution in [1.29, 1.82) is 0 Å². The number of rotatable bonds is 4. The van der Waals surface area contributed by atoms with Crippen molar-refractivity contribution < 1.29 is 9.53 Å². The summed E-state index contributed by atoms with van der Waals surface area (Å²) < 4.78 is 5.23. The van der Waals surface area contributed by atoms with Gasteiger partial charge in [-0.05, 0) is 43.4 Å². The minimum absolute atomic E-state index is 0.247. The number of aryl methyl sites for hydroxylation is 1. The first kappa shape index (κ1) is 14.4. The highest BCUT2D eigenvalue weighted by Gasteiger charge is 2.11. The maximum absolute atomic E-state index is 11.8. The summed E-state index contributed by atoms with van der Waals surface area (Å²) in [6.45, 7) is 1.97. The van der Waals surface area contributed by atoms with E-state index in [1.54, 1.807) is 13.3 Å². The fraction of sp³-hybridized carbons (Fsp3) is 0.438. The van der Waals surface area contributed by atoms with E-state index in [4.69, 9.17) is 4.74 Å². The van der Waals surface area contributed by atoms with Crippen LogP contribution < -0.4 is 15.4 Å². The molecule has 1 aromatic carbocycles. The molecule has 0 radical (unpaired) electrons. The summed E-state index contributed by atoms with van der Waals surface area (Å²) in [5.74, 6) is 1.27. The number of methoxy groups -OCH3 is 1. The molecular formula is C16H22N2O2. The quantitative estimate of drug-likeness (QED) is 0.876. The van der Waals surface area contributed by atoms with Crippen LogP contribution in [0.4, 0.5) is 10.5 Å². The molecule has 2 amide bonds. The molecule has 0 bridgehead atoms. The predicted molar refractivity (Wildman–Crippen MR) is 81.0 cm³/mol. The monoisotopic (exact) mass is 274 g/mol. The molecular weight excluding hydrogens is 252 g/mol. The van der Waals surface area contributed by atoms with E-state index in [1.807, 2.05) is 25.1 Å². The van der Waals surface area contributed by atoms with E-state index in [1.165, 1.54) is 25.7 Å². The van der Waals surface area contributed by atoms with Crippen molar-refractivity contribution in [1.82, 2.24) is 5.32 Å². The van der Waals surface area contributed by atoms with E-state index in [9.17, 15) is 4.79 Å². The highest BCUT2D eigenvalue weighted by atomic mass is 16.5. The van der Waals surface area contributed by atoms with Crippen molar-refractivity contribution in [2.75, 3.05) is 12.4 Å². The Morgan fingerprint density at radius 1 is 1.35 bits per heavy atom. The third-order valence-electron chi connectivity index (χ3n) is 3.59. The molecule has 1 aliphatic rings. The smallest absolute Gasteiger partial charge is 0.323 e. The van der Waals surface area contributed by atoms with Crippen molar-refractivity contribution >= 4 is 11.7 Å². The third kappa shape index (κ3) is 4.02. The van der Waals surface area contributed by atoms with Gasteiger partial charge in [0, 0.05) is 6.20 Å². The molecule has 20 heavy (non-hydrogen) atoms. The van der Waals surface area contributed by atoms with Gasteiger partial charge in [0.15, 0.2) is 0 Å². The molecule has 2 N–H and O–H groups in total. The Bertz CT molecular complexity index is 491. The van der Waals surface area contributed by atoms with E-state index in [-0.39, 0.29) is 6.03 Å². The summed E-state index contributed by atoms with van der Waals surface area (Å²) in [4.78, 5) is 11.8. The fourth-order valence-electron chi connectivity index (χ4n) is 2.49. The summed E-state index contributed by atoms with van der Waals surface area (Å²) in [5.41, 5.74) is 1.75. The van der Waals surface area contributed by atoms with Crippen LogP contribution in [0.15, 0.2) is 30.5 Å². The Balaban J connectivity index is 1.89. The lowest BCUT2D eigenvalue weighted by atomic mass is 10.1. The Kier molecular flexibility index (Phi) is 5.04. The number of carbonyl (C=O) groups is 1. The van der Waals surface area contributed by atoms with Crippen LogP contribution in [0.1, 0.15) is 31.2 Å². The van der Waals surface area contributed by atoms with Gasteiger partial charge in [-0.15, -0.1) is 0 Å². The average molecular weight is 274 g/mol. The first-order valence-corrected chi connectivity index (χ1v) is 7.08. The first-order valence-electron chi connectivity index (χ1n) is 7.08. The topological polar surface area (TPSA) is 50.4 Å². The number of ether oxygens (including phenoxy) is 1. The number of allylic oxidation sites excluding steroid dienone is 1. The standard InChI is InChI=1S/C16H22N2O2/c1-12-7-8-15(20-2)14(11-12)18-16(19)17-10-9-13-5-3-4-6-13/h7-11,13H,3-6H2,1-2H3,(H2,17,18,19)/b10-9+. The van der Waals surface area contributed by atoms with Crippen LogP contribution in [0.3, 0.4) is 0 Å². The molecule has 2 rings (SSSR count). The van der Waals surface area contributed by atoms with E-state index in [0.717, 1.165) is 5.56 Å². The highest BCUT2D eigenvalue weighted by Crippen LogP contribution is 2.26. The van der Waals surface area contributed by atoms with Gasteiger partial charge in [-0.2, -0.15) is 0 Å². The minimum Gasteiger partial charge on any atom is -0.495 e. The molecule has 108 valence electrons.